The van der Waals surface area contributed by atoms with E-state index in [9.17, 15) is 9.18 Å². The maximum atomic E-state index is 13.2. The molecule has 4 rings (SSSR count). The van der Waals surface area contributed by atoms with Crippen LogP contribution in [-0.2, 0) is 11.8 Å². The third kappa shape index (κ3) is 3.65. The highest BCUT2D eigenvalue weighted by Gasteiger charge is 2.21. The molecule has 1 unspecified atom stereocenters. The number of thioether (sulfide) groups is 1. The standard InChI is InChI=1S/C20H20FN7OS/c1-11-17(12(2)27(4)26-11)25-19(29)13(3)30-20-16-9-24-28(18(16)22-10-23-20)15-7-5-14(21)6-8-15/h5-10,13H,1-4H3,(H,25,29). The van der Waals surface area contributed by atoms with E-state index >= 15 is 0 Å². The lowest BCUT2D eigenvalue weighted by atomic mass is 10.3. The van der Waals surface area contributed by atoms with Crippen LogP contribution in [0, 0.1) is 19.7 Å². The first kappa shape index (κ1) is 20.0. The molecular formula is C20H20FN7OS. The van der Waals surface area contributed by atoms with E-state index in [1.807, 2.05) is 27.8 Å². The molecule has 1 N–H and O–H groups in total. The Morgan fingerprint density at radius 3 is 2.60 bits per heavy atom. The zero-order chi connectivity index (χ0) is 21.4. The van der Waals surface area contributed by atoms with Gasteiger partial charge < -0.3 is 5.32 Å². The highest BCUT2D eigenvalue weighted by Crippen LogP contribution is 2.30. The third-order valence-electron chi connectivity index (χ3n) is 4.82. The molecule has 8 nitrogen and oxygen atoms in total. The highest BCUT2D eigenvalue weighted by molar-refractivity contribution is 8.00. The van der Waals surface area contributed by atoms with Gasteiger partial charge in [-0.3, -0.25) is 9.48 Å². The van der Waals surface area contributed by atoms with E-state index in [1.165, 1.54) is 30.2 Å². The summed E-state index contributed by atoms with van der Waals surface area (Å²) in [5.41, 5.74) is 3.67. The van der Waals surface area contributed by atoms with Crippen LogP contribution in [-0.4, -0.2) is 40.7 Å². The number of benzene rings is 1. The van der Waals surface area contributed by atoms with Gasteiger partial charge in [-0.1, -0.05) is 11.8 Å². The van der Waals surface area contributed by atoms with Gasteiger partial charge in [0.2, 0.25) is 5.91 Å². The second-order valence-electron chi connectivity index (χ2n) is 6.87. The number of hydrogen-bond donors (Lipinski definition) is 1. The van der Waals surface area contributed by atoms with Crippen LogP contribution in [0.1, 0.15) is 18.3 Å². The first-order valence-corrected chi connectivity index (χ1v) is 10.2. The zero-order valence-corrected chi connectivity index (χ0v) is 17.7. The largest absolute Gasteiger partial charge is 0.322 e. The number of anilines is 1. The molecule has 0 fully saturated rings. The number of aryl methyl sites for hydroxylation is 2. The monoisotopic (exact) mass is 425 g/mol. The molecule has 0 aliphatic carbocycles. The van der Waals surface area contributed by atoms with E-state index in [2.05, 4.69) is 25.5 Å². The molecular weight excluding hydrogens is 405 g/mol. The van der Waals surface area contributed by atoms with Gasteiger partial charge in [0.05, 0.1) is 39.6 Å². The van der Waals surface area contributed by atoms with Crippen molar-refractivity contribution in [2.45, 2.75) is 31.0 Å². The zero-order valence-electron chi connectivity index (χ0n) is 16.9. The molecule has 3 heterocycles. The minimum Gasteiger partial charge on any atom is -0.322 e. The lowest BCUT2D eigenvalue weighted by molar-refractivity contribution is -0.115. The van der Waals surface area contributed by atoms with Gasteiger partial charge in [-0.05, 0) is 45.0 Å². The minimum atomic E-state index is -0.406. The molecule has 0 radical (unpaired) electrons. The Kier molecular flexibility index (Phi) is 5.25. The van der Waals surface area contributed by atoms with E-state index in [4.69, 9.17) is 0 Å². The fourth-order valence-corrected chi connectivity index (χ4v) is 3.97. The van der Waals surface area contributed by atoms with Crippen molar-refractivity contribution in [1.29, 1.82) is 0 Å². The van der Waals surface area contributed by atoms with E-state index in [0.29, 0.717) is 16.4 Å². The maximum absolute atomic E-state index is 13.2. The van der Waals surface area contributed by atoms with Crippen molar-refractivity contribution in [2.75, 3.05) is 5.32 Å². The summed E-state index contributed by atoms with van der Waals surface area (Å²) in [7, 11) is 1.84. The predicted molar refractivity (Wildman–Crippen MR) is 113 cm³/mol. The van der Waals surface area contributed by atoms with Crippen LogP contribution in [0.15, 0.2) is 41.8 Å². The van der Waals surface area contributed by atoms with Gasteiger partial charge >= 0.3 is 0 Å². The number of rotatable bonds is 5. The number of amides is 1. The SMILES string of the molecule is Cc1nn(C)c(C)c1NC(=O)C(C)Sc1ncnc2c1cnn2-c1ccc(F)cc1. The summed E-state index contributed by atoms with van der Waals surface area (Å²) in [6.45, 7) is 5.59. The van der Waals surface area contributed by atoms with Crippen LogP contribution in [0.4, 0.5) is 10.1 Å². The Bertz CT molecular complexity index is 1230. The van der Waals surface area contributed by atoms with E-state index in [-0.39, 0.29) is 11.7 Å². The summed E-state index contributed by atoms with van der Waals surface area (Å²) in [4.78, 5) is 21.4. The molecule has 4 aromatic rings. The Balaban J connectivity index is 1.58. The molecule has 3 aromatic heterocycles. The number of halogens is 1. The van der Waals surface area contributed by atoms with Crippen molar-refractivity contribution < 1.29 is 9.18 Å². The van der Waals surface area contributed by atoms with Crippen LogP contribution in [0.3, 0.4) is 0 Å². The normalized spacial score (nSPS) is 12.3. The van der Waals surface area contributed by atoms with E-state index < -0.39 is 5.25 Å². The summed E-state index contributed by atoms with van der Waals surface area (Å²) in [5, 5.41) is 12.6. The minimum absolute atomic E-state index is 0.142. The molecule has 0 saturated carbocycles. The molecule has 1 atom stereocenters. The molecule has 0 saturated heterocycles. The topological polar surface area (TPSA) is 90.5 Å². The summed E-state index contributed by atoms with van der Waals surface area (Å²) in [5.74, 6) is -0.461. The molecule has 30 heavy (non-hydrogen) atoms. The van der Waals surface area contributed by atoms with Crippen molar-refractivity contribution >= 4 is 34.4 Å². The summed E-state index contributed by atoms with van der Waals surface area (Å²) in [6.07, 6.45) is 3.09. The van der Waals surface area contributed by atoms with Gasteiger partial charge in [-0.15, -0.1) is 0 Å². The molecule has 0 spiro atoms. The highest BCUT2D eigenvalue weighted by atomic mass is 32.2. The molecule has 10 heteroatoms. The van der Waals surface area contributed by atoms with Crippen LogP contribution in [0.25, 0.3) is 16.7 Å². The predicted octanol–water partition coefficient (Wildman–Crippen LogP) is 3.42. The maximum Gasteiger partial charge on any atom is 0.237 e. The Morgan fingerprint density at radius 1 is 1.20 bits per heavy atom. The number of hydrogen-bond acceptors (Lipinski definition) is 6. The van der Waals surface area contributed by atoms with Gasteiger partial charge in [0.15, 0.2) is 5.65 Å². The van der Waals surface area contributed by atoms with Crippen molar-refractivity contribution in [3.05, 3.63) is 54.0 Å². The Morgan fingerprint density at radius 2 is 1.93 bits per heavy atom. The van der Waals surface area contributed by atoms with Crippen LogP contribution >= 0.6 is 11.8 Å². The van der Waals surface area contributed by atoms with Crippen LogP contribution < -0.4 is 5.32 Å². The Hall–Kier alpha value is -3.27. The number of aromatic nitrogens is 6. The van der Waals surface area contributed by atoms with E-state index in [1.54, 1.807) is 27.7 Å². The number of carbonyl (C=O) groups excluding carboxylic acids is 1. The van der Waals surface area contributed by atoms with Crippen molar-refractivity contribution in [3.63, 3.8) is 0 Å². The van der Waals surface area contributed by atoms with Crippen LogP contribution in [0.2, 0.25) is 0 Å². The van der Waals surface area contributed by atoms with Crippen molar-refractivity contribution in [2.24, 2.45) is 7.05 Å². The molecule has 154 valence electrons. The molecule has 0 aliphatic rings. The first-order valence-electron chi connectivity index (χ1n) is 9.27. The summed E-state index contributed by atoms with van der Waals surface area (Å²) >= 11 is 1.33. The number of nitrogens with one attached hydrogen (secondary N) is 1. The van der Waals surface area contributed by atoms with Gasteiger partial charge in [-0.2, -0.15) is 10.2 Å². The second kappa shape index (κ2) is 7.86. The number of carbonyl (C=O) groups is 1. The Labute approximate surface area is 176 Å². The van der Waals surface area contributed by atoms with Gasteiger partial charge in [0, 0.05) is 7.05 Å². The van der Waals surface area contributed by atoms with Gasteiger partial charge in [0.1, 0.15) is 17.2 Å². The fourth-order valence-electron chi connectivity index (χ4n) is 3.09. The van der Waals surface area contributed by atoms with E-state index in [0.717, 1.165) is 22.5 Å². The number of nitrogens with zero attached hydrogens (tertiary/aromatic N) is 6. The number of fused-ring (bicyclic) bond motifs is 1. The van der Waals surface area contributed by atoms with Crippen LogP contribution in [0.5, 0.6) is 0 Å². The summed E-state index contributed by atoms with van der Waals surface area (Å²) < 4.78 is 16.6. The quantitative estimate of drug-likeness (QED) is 0.389. The molecule has 0 bridgehead atoms. The van der Waals surface area contributed by atoms with Gasteiger partial charge in [0.25, 0.3) is 0 Å². The smallest absolute Gasteiger partial charge is 0.237 e. The first-order chi connectivity index (χ1) is 14.3. The fraction of sp³-hybridized carbons (Fsp3) is 0.250. The molecule has 1 amide bonds. The van der Waals surface area contributed by atoms with Crippen molar-refractivity contribution in [1.82, 2.24) is 29.5 Å². The second-order valence-corrected chi connectivity index (χ2v) is 8.20. The lowest BCUT2D eigenvalue weighted by Crippen LogP contribution is -2.23. The molecule has 1 aromatic carbocycles. The lowest BCUT2D eigenvalue weighted by Gasteiger charge is -2.12. The average Bonchev–Trinajstić information content (AvgIpc) is 3.26. The average molecular weight is 425 g/mol. The third-order valence-corrected chi connectivity index (χ3v) is 5.93. The van der Waals surface area contributed by atoms with Crippen molar-refractivity contribution in [3.8, 4) is 5.69 Å². The van der Waals surface area contributed by atoms with Gasteiger partial charge in [-0.25, -0.2) is 19.0 Å². The molecule has 0 aliphatic heterocycles. The summed E-state index contributed by atoms with van der Waals surface area (Å²) in [6, 6.07) is 6.00.